The zero-order valence-electron chi connectivity index (χ0n) is 9.59. The smallest absolute Gasteiger partial charge is 0.0459 e. The molecule has 2 nitrogen and oxygen atoms in total. The monoisotopic (exact) mass is 202 g/mol. The molecule has 2 rings (SSSR count). The first-order valence-electron chi connectivity index (χ1n) is 5.32. The van der Waals surface area contributed by atoms with E-state index < -0.39 is 0 Å². The molecule has 1 heterocycles. The highest BCUT2D eigenvalue weighted by Crippen LogP contribution is 2.24. The van der Waals surface area contributed by atoms with Crippen LogP contribution in [-0.4, -0.2) is 10.5 Å². The van der Waals surface area contributed by atoms with Gasteiger partial charge in [0.15, 0.2) is 0 Å². The molecule has 0 saturated heterocycles. The van der Waals surface area contributed by atoms with Crippen LogP contribution in [0.5, 0.6) is 0 Å². The second-order valence-electron chi connectivity index (χ2n) is 4.98. The average Bonchev–Trinajstić information content (AvgIpc) is 2.47. The van der Waals surface area contributed by atoms with Crippen molar-refractivity contribution in [1.29, 1.82) is 0 Å². The van der Waals surface area contributed by atoms with E-state index in [1.165, 1.54) is 22.0 Å². The summed E-state index contributed by atoms with van der Waals surface area (Å²) in [6.45, 7) is 6.26. The first-order chi connectivity index (χ1) is 6.97. The predicted molar refractivity (Wildman–Crippen MR) is 65.0 cm³/mol. The number of fused-ring (bicyclic) bond motifs is 1. The summed E-state index contributed by atoms with van der Waals surface area (Å²) in [5, 5.41) is 1.33. The van der Waals surface area contributed by atoms with E-state index in [1.54, 1.807) is 0 Å². The first kappa shape index (κ1) is 10.2. The Morgan fingerprint density at radius 1 is 1.33 bits per heavy atom. The number of nitrogens with one attached hydrogen (secondary N) is 1. The zero-order valence-corrected chi connectivity index (χ0v) is 9.59. The Balaban J connectivity index is 2.53. The lowest BCUT2D eigenvalue weighted by molar-refractivity contribution is 0.518. The summed E-state index contributed by atoms with van der Waals surface area (Å²) >= 11 is 0. The summed E-state index contributed by atoms with van der Waals surface area (Å²) in [5.74, 6) is 0. The lowest BCUT2D eigenvalue weighted by atomic mass is 9.94. The minimum absolute atomic E-state index is 0.155. The van der Waals surface area contributed by atoms with Crippen LogP contribution in [0.2, 0.25) is 0 Å². The molecule has 1 aromatic heterocycles. The van der Waals surface area contributed by atoms with Crippen molar-refractivity contribution in [2.24, 2.45) is 5.73 Å². The number of aromatic nitrogens is 1. The molecular formula is C13H18N2. The van der Waals surface area contributed by atoms with Gasteiger partial charge in [0, 0.05) is 22.6 Å². The van der Waals surface area contributed by atoms with Gasteiger partial charge >= 0.3 is 0 Å². The number of hydrogen-bond donors (Lipinski definition) is 2. The summed E-state index contributed by atoms with van der Waals surface area (Å²) in [6.07, 6.45) is 2.98. The van der Waals surface area contributed by atoms with Gasteiger partial charge in [-0.05, 0) is 44.4 Å². The van der Waals surface area contributed by atoms with Crippen LogP contribution in [0.25, 0.3) is 10.9 Å². The normalized spacial score (nSPS) is 12.3. The standard InChI is InChI=1S/C13H18N2/c1-9-5-4-6-11-12(9)10(8-15-11)7-13(2,3)14/h4-6,8,15H,7,14H2,1-3H3. The Morgan fingerprint density at radius 2 is 2.07 bits per heavy atom. The molecule has 0 fully saturated rings. The van der Waals surface area contributed by atoms with Crippen molar-refractivity contribution >= 4 is 10.9 Å². The third kappa shape index (κ3) is 2.05. The minimum Gasteiger partial charge on any atom is -0.361 e. The Kier molecular flexibility index (Phi) is 2.31. The molecule has 0 aliphatic rings. The van der Waals surface area contributed by atoms with E-state index in [0.29, 0.717) is 0 Å². The average molecular weight is 202 g/mol. The van der Waals surface area contributed by atoms with E-state index in [-0.39, 0.29) is 5.54 Å². The number of H-pyrrole nitrogens is 1. The largest absolute Gasteiger partial charge is 0.361 e. The Bertz CT molecular complexity index is 475. The summed E-state index contributed by atoms with van der Waals surface area (Å²) in [5.41, 5.74) is 9.73. The van der Waals surface area contributed by atoms with Gasteiger partial charge in [-0.3, -0.25) is 0 Å². The van der Waals surface area contributed by atoms with Gasteiger partial charge in [-0.2, -0.15) is 0 Å². The lowest BCUT2D eigenvalue weighted by Gasteiger charge is -2.17. The molecule has 2 heteroatoms. The van der Waals surface area contributed by atoms with Gasteiger partial charge in [-0.1, -0.05) is 12.1 Å². The molecule has 80 valence electrons. The van der Waals surface area contributed by atoms with Gasteiger partial charge in [-0.15, -0.1) is 0 Å². The van der Waals surface area contributed by atoms with Crippen LogP contribution in [0.3, 0.4) is 0 Å². The fourth-order valence-electron chi connectivity index (χ4n) is 2.08. The van der Waals surface area contributed by atoms with Crippen molar-refractivity contribution in [3.63, 3.8) is 0 Å². The number of aryl methyl sites for hydroxylation is 1. The predicted octanol–water partition coefficient (Wildman–Crippen LogP) is 2.76. The number of benzene rings is 1. The maximum absolute atomic E-state index is 6.05. The van der Waals surface area contributed by atoms with Crippen LogP contribution < -0.4 is 5.73 Å². The Labute approximate surface area is 90.5 Å². The van der Waals surface area contributed by atoms with Crippen molar-refractivity contribution in [3.8, 4) is 0 Å². The van der Waals surface area contributed by atoms with Crippen molar-refractivity contribution in [2.45, 2.75) is 32.7 Å². The molecule has 0 atom stereocenters. The maximum atomic E-state index is 6.05. The second kappa shape index (κ2) is 3.38. The summed E-state index contributed by atoms with van der Waals surface area (Å²) < 4.78 is 0. The molecule has 2 aromatic rings. The first-order valence-corrected chi connectivity index (χ1v) is 5.32. The van der Waals surface area contributed by atoms with Gasteiger partial charge in [0.05, 0.1) is 0 Å². The van der Waals surface area contributed by atoms with E-state index in [9.17, 15) is 0 Å². The minimum atomic E-state index is -0.155. The van der Waals surface area contributed by atoms with E-state index in [2.05, 4.69) is 50.2 Å². The highest BCUT2D eigenvalue weighted by Gasteiger charge is 2.15. The van der Waals surface area contributed by atoms with Crippen LogP contribution in [0.15, 0.2) is 24.4 Å². The number of hydrogen-bond acceptors (Lipinski definition) is 1. The topological polar surface area (TPSA) is 41.8 Å². The zero-order chi connectivity index (χ0) is 11.1. The van der Waals surface area contributed by atoms with E-state index >= 15 is 0 Å². The van der Waals surface area contributed by atoms with Crippen molar-refractivity contribution in [2.75, 3.05) is 0 Å². The molecule has 0 amide bonds. The molecule has 3 N–H and O–H groups in total. The third-order valence-corrected chi connectivity index (χ3v) is 2.64. The molecule has 0 radical (unpaired) electrons. The lowest BCUT2D eigenvalue weighted by Crippen LogP contribution is -2.34. The highest BCUT2D eigenvalue weighted by molar-refractivity contribution is 5.86. The third-order valence-electron chi connectivity index (χ3n) is 2.64. The van der Waals surface area contributed by atoms with Crippen LogP contribution in [0.4, 0.5) is 0 Å². The molecule has 0 saturated carbocycles. The number of nitrogens with two attached hydrogens (primary N) is 1. The highest BCUT2D eigenvalue weighted by atomic mass is 14.7. The van der Waals surface area contributed by atoms with Gasteiger partial charge < -0.3 is 10.7 Å². The quantitative estimate of drug-likeness (QED) is 0.772. The SMILES string of the molecule is Cc1cccc2[nH]cc(CC(C)(C)N)c12. The Morgan fingerprint density at radius 3 is 2.73 bits per heavy atom. The van der Waals surface area contributed by atoms with E-state index in [0.717, 1.165) is 6.42 Å². The Hall–Kier alpha value is -1.28. The van der Waals surface area contributed by atoms with Crippen LogP contribution in [-0.2, 0) is 6.42 Å². The van der Waals surface area contributed by atoms with Gasteiger partial charge in [-0.25, -0.2) is 0 Å². The van der Waals surface area contributed by atoms with Crippen molar-refractivity contribution < 1.29 is 0 Å². The van der Waals surface area contributed by atoms with E-state index in [4.69, 9.17) is 5.73 Å². The van der Waals surface area contributed by atoms with Crippen LogP contribution >= 0.6 is 0 Å². The molecular weight excluding hydrogens is 184 g/mol. The fraction of sp³-hybridized carbons (Fsp3) is 0.385. The number of aromatic amines is 1. The van der Waals surface area contributed by atoms with E-state index in [1.807, 2.05) is 0 Å². The summed E-state index contributed by atoms with van der Waals surface area (Å²) in [6, 6.07) is 6.32. The molecule has 0 spiro atoms. The summed E-state index contributed by atoms with van der Waals surface area (Å²) in [4.78, 5) is 3.30. The maximum Gasteiger partial charge on any atom is 0.0459 e. The number of rotatable bonds is 2. The summed E-state index contributed by atoms with van der Waals surface area (Å²) in [7, 11) is 0. The molecule has 0 aliphatic heterocycles. The molecule has 0 unspecified atom stereocenters. The molecule has 1 aromatic carbocycles. The van der Waals surface area contributed by atoms with Crippen LogP contribution in [0.1, 0.15) is 25.0 Å². The van der Waals surface area contributed by atoms with Crippen LogP contribution in [0, 0.1) is 6.92 Å². The van der Waals surface area contributed by atoms with Crippen molar-refractivity contribution in [1.82, 2.24) is 4.98 Å². The molecule has 0 aliphatic carbocycles. The molecule has 15 heavy (non-hydrogen) atoms. The van der Waals surface area contributed by atoms with Gasteiger partial charge in [0.25, 0.3) is 0 Å². The van der Waals surface area contributed by atoms with Crippen molar-refractivity contribution in [3.05, 3.63) is 35.5 Å². The molecule has 0 bridgehead atoms. The second-order valence-corrected chi connectivity index (χ2v) is 4.98. The fourth-order valence-corrected chi connectivity index (χ4v) is 2.08. The van der Waals surface area contributed by atoms with Gasteiger partial charge in [0.1, 0.15) is 0 Å². The van der Waals surface area contributed by atoms with Gasteiger partial charge in [0.2, 0.25) is 0 Å².